The zero-order chi connectivity index (χ0) is 17.6. The fourth-order valence-electron chi connectivity index (χ4n) is 3.02. The van der Waals surface area contributed by atoms with Gasteiger partial charge in [0.2, 0.25) is 0 Å². The SMILES string of the molecule is CCOc1ccc([C@H](CCC(F)(F)F)N2CCNCC2)cc1OC.Cl.Cl. The predicted molar refractivity (Wildman–Crippen MR) is 101 cm³/mol. The van der Waals surface area contributed by atoms with Crippen molar-refractivity contribution in [1.29, 1.82) is 0 Å². The van der Waals surface area contributed by atoms with Crippen molar-refractivity contribution in [1.82, 2.24) is 10.2 Å². The molecule has 1 N–H and O–H groups in total. The first-order valence-corrected chi connectivity index (χ1v) is 8.27. The monoisotopic (exact) mass is 418 g/mol. The van der Waals surface area contributed by atoms with Crippen LogP contribution in [0.25, 0.3) is 0 Å². The molecule has 1 fully saturated rings. The molecule has 2 rings (SSSR count). The third kappa shape index (κ3) is 7.39. The third-order valence-corrected chi connectivity index (χ3v) is 4.17. The maximum absolute atomic E-state index is 12.7. The van der Waals surface area contributed by atoms with Crippen molar-refractivity contribution in [3.63, 3.8) is 0 Å². The van der Waals surface area contributed by atoms with E-state index in [0.29, 0.717) is 18.1 Å². The Morgan fingerprint density at radius 3 is 2.35 bits per heavy atom. The number of ether oxygens (including phenoxy) is 2. The number of alkyl halides is 3. The highest BCUT2D eigenvalue weighted by molar-refractivity contribution is 5.85. The number of hydrogen-bond donors (Lipinski definition) is 1. The van der Waals surface area contributed by atoms with Crippen LogP contribution in [0.15, 0.2) is 18.2 Å². The summed E-state index contributed by atoms with van der Waals surface area (Å²) in [4.78, 5) is 2.11. The number of benzene rings is 1. The molecule has 1 aromatic rings. The first-order chi connectivity index (χ1) is 11.4. The van der Waals surface area contributed by atoms with E-state index in [1.54, 1.807) is 12.1 Å². The van der Waals surface area contributed by atoms with Gasteiger partial charge < -0.3 is 14.8 Å². The molecule has 1 saturated heterocycles. The smallest absolute Gasteiger partial charge is 0.389 e. The van der Waals surface area contributed by atoms with Gasteiger partial charge in [-0.25, -0.2) is 0 Å². The van der Waals surface area contributed by atoms with Crippen LogP contribution in [-0.4, -0.2) is 51.0 Å². The minimum Gasteiger partial charge on any atom is -0.493 e. The van der Waals surface area contributed by atoms with Crippen molar-refractivity contribution in [3.05, 3.63) is 23.8 Å². The summed E-state index contributed by atoms with van der Waals surface area (Å²) in [6.45, 7) is 5.43. The highest BCUT2D eigenvalue weighted by atomic mass is 35.5. The lowest BCUT2D eigenvalue weighted by Crippen LogP contribution is -2.45. The molecule has 0 saturated carbocycles. The molecule has 0 spiro atoms. The second-order valence-electron chi connectivity index (χ2n) is 5.80. The predicted octanol–water partition coefficient (Wildman–Crippen LogP) is 4.23. The Labute approximate surface area is 165 Å². The molecule has 9 heteroatoms. The molecule has 0 bridgehead atoms. The van der Waals surface area contributed by atoms with Crippen LogP contribution in [0.5, 0.6) is 11.5 Å². The number of hydrogen-bond acceptors (Lipinski definition) is 4. The minimum atomic E-state index is -4.15. The molecule has 0 radical (unpaired) electrons. The second-order valence-corrected chi connectivity index (χ2v) is 5.80. The van der Waals surface area contributed by atoms with Gasteiger partial charge in [0, 0.05) is 38.6 Å². The highest BCUT2D eigenvalue weighted by Crippen LogP contribution is 2.36. The lowest BCUT2D eigenvalue weighted by Gasteiger charge is -2.35. The summed E-state index contributed by atoms with van der Waals surface area (Å²) in [5.74, 6) is 1.17. The van der Waals surface area contributed by atoms with Gasteiger partial charge in [0.05, 0.1) is 13.7 Å². The Hall–Kier alpha value is -0.890. The van der Waals surface area contributed by atoms with E-state index in [1.807, 2.05) is 13.0 Å². The quantitative estimate of drug-likeness (QED) is 0.718. The fraction of sp³-hybridized carbons (Fsp3) is 0.647. The molecule has 4 nitrogen and oxygen atoms in total. The summed E-state index contributed by atoms with van der Waals surface area (Å²) in [7, 11) is 1.54. The first kappa shape index (κ1) is 25.1. The lowest BCUT2D eigenvalue weighted by molar-refractivity contribution is -0.138. The zero-order valence-electron chi connectivity index (χ0n) is 15.0. The molecule has 152 valence electrons. The molecular formula is C17H27Cl2F3N2O2. The summed E-state index contributed by atoms with van der Waals surface area (Å²) in [6, 6.07) is 5.14. The standard InChI is InChI=1S/C17H25F3N2O2.2ClH/c1-3-24-15-5-4-13(12-16(15)23-2)14(6-7-17(18,19)20)22-10-8-21-9-11-22;;/h4-5,12,14,21H,3,6-11H2,1-2H3;2*1H/t14-;;/m0../s1. The first-order valence-electron chi connectivity index (χ1n) is 8.27. The fourth-order valence-corrected chi connectivity index (χ4v) is 3.02. The average molecular weight is 419 g/mol. The minimum absolute atomic E-state index is 0. The van der Waals surface area contributed by atoms with Gasteiger partial charge in [0.1, 0.15) is 0 Å². The summed E-state index contributed by atoms with van der Waals surface area (Å²) in [5.41, 5.74) is 0.835. The molecule has 1 aromatic carbocycles. The Kier molecular flexibility index (Phi) is 11.3. The number of halogens is 5. The van der Waals surface area contributed by atoms with Crippen LogP contribution in [0.4, 0.5) is 13.2 Å². The van der Waals surface area contributed by atoms with Crippen molar-refractivity contribution < 1.29 is 22.6 Å². The summed E-state index contributed by atoms with van der Waals surface area (Å²) in [5, 5.41) is 3.23. The maximum Gasteiger partial charge on any atom is 0.389 e. The van der Waals surface area contributed by atoms with Gasteiger partial charge in [-0.2, -0.15) is 13.2 Å². The van der Waals surface area contributed by atoms with Crippen LogP contribution in [0, 0.1) is 0 Å². The van der Waals surface area contributed by atoms with E-state index < -0.39 is 12.6 Å². The van der Waals surface area contributed by atoms with E-state index in [0.717, 1.165) is 31.7 Å². The second kappa shape index (κ2) is 11.7. The summed E-state index contributed by atoms with van der Waals surface area (Å²) >= 11 is 0. The van der Waals surface area contributed by atoms with Gasteiger partial charge in [-0.15, -0.1) is 24.8 Å². The maximum atomic E-state index is 12.7. The van der Waals surface area contributed by atoms with E-state index in [2.05, 4.69) is 10.2 Å². The van der Waals surface area contributed by atoms with E-state index in [4.69, 9.17) is 9.47 Å². The number of piperazine rings is 1. The topological polar surface area (TPSA) is 33.7 Å². The summed E-state index contributed by atoms with van der Waals surface area (Å²) in [6.07, 6.45) is -4.90. The van der Waals surface area contributed by atoms with Crippen molar-refractivity contribution in [2.24, 2.45) is 0 Å². The Morgan fingerprint density at radius 1 is 1.15 bits per heavy atom. The zero-order valence-corrected chi connectivity index (χ0v) is 16.6. The largest absolute Gasteiger partial charge is 0.493 e. The Bertz CT molecular complexity index is 527. The van der Waals surface area contributed by atoms with Crippen molar-refractivity contribution >= 4 is 24.8 Å². The summed E-state index contributed by atoms with van der Waals surface area (Å²) < 4.78 is 49.0. The normalized spacial score (nSPS) is 16.2. The molecule has 1 heterocycles. The van der Waals surface area contributed by atoms with Gasteiger partial charge in [0.25, 0.3) is 0 Å². The third-order valence-electron chi connectivity index (χ3n) is 4.17. The molecule has 0 unspecified atom stereocenters. The van der Waals surface area contributed by atoms with Gasteiger partial charge in [-0.1, -0.05) is 6.07 Å². The van der Waals surface area contributed by atoms with E-state index in [-0.39, 0.29) is 37.3 Å². The average Bonchev–Trinajstić information content (AvgIpc) is 2.56. The molecule has 0 amide bonds. The molecule has 0 aromatic heterocycles. The van der Waals surface area contributed by atoms with Gasteiger partial charge in [-0.05, 0) is 31.0 Å². The van der Waals surface area contributed by atoms with E-state index in [1.165, 1.54) is 7.11 Å². The van der Waals surface area contributed by atoms with Gasteiger partial charge >= 0.3 is 6.18 Å². The Balaban J connectivity index is 0.00000312. The van der Waals surface area contributed by atoms with E-state index >= 15 is 0 Å². The Morgan fingerprint density at radius 2 is 1.81 bits per heavy atom. The number of methoxy groups -OCH3 is 1. The molecule has 1 aliphatic rings. The number of nitrogens with one attached hydrogen (secondary N) is 1. The van der Waals surface area contributed by atoms with Gasteiger partial charge in [-0.3, -0.25) is 4.90 Å². The van der Waals surface area contributed by atoms with Crippen LogP contribution in [0.2, 0.25) is 0 Å². The van der Waals surface area contributed by atoms with Crippen molar-refractivity contribution in [2.45, 2.75) is 32.0 Å². The molecule has 26 heavy (non-hydrogen) atoms. The van der Waals surface area contributed by atoms with E-state index in [9.17, 15) is 13.2 Å². The molecular weight excluding hydrogens is 392 g/mol. The van der Waals surface area contributed by atoms with Crippen LogP contribution in [0.3, 0.4) is 0 Å². The van der Waals surface area contributed by atoms with Crippen LogP contribution in [-0.2, 0) is 0 Å². The number of rotatable bonds is 7. The lowest BCUT2D eigenvalue weighted by atomic mass is 9.98. The van der Waals surface area contributed by atoms with Crippen LogP contribution < -0.4 is 14.8 Å². The highest BCUT2D eigenvalue weighted by Gasteiger charge is 2.31. The molecule has 1 aliphatic heterocycles. The molecule has 1 atom stereocenters. The molecule has 0 aliphatic carbocycles. The van der Waals surface area contributed by atoms with Crippen LogP contribution >= 0.6 is 24.8 Å². The van der Waals surface area contributed by atoms with Gasteiger partial charge in [0.15, 0.2) is 11.5 Å². The van der Waals surface area contributed by atoms with Crippen molar-refractivity contribution in [2.75, 3.05) is 39.9 Å². The van der Waals surface area contributed by atoms with Crippen molar-refractivity contribution in [3.8, 4) is 11.5 Å². The number of nitrogens with zero attached hydrogens (tertiary/aromatic N) is 1. The van der Waals surface area contributed by atoms with Crippen LogP contribution in [0.1, 0.15) is 31.4 Å².